The van der Waals surface area contributed by atoms with E-state index < -0.39 is 0 Å². The number of nitrogens with one attached hydrogen (secondary N) is 1. The maximum absolute atomic E-state index is 5.68. The van der Waals surface area contributed by atoms with Crippen LogP contribution in [-0.4, -0.2) is 9.97 Å². The van der Waals surface area contributed by atoms with Crippen molar-refractivity contribution in [3.8, 4) is 11.3 Å². The fraction of sp³-hybridized carbons (Fsp3) is 0.308. The first-order valence-corrected chi connectivity index (χ1v) is 5.44. The van der Waals surface area contributed by atoms with Gasteiger partial charge in [0.25, 0.3) is 0 Å². The number of benzene rings is 1. The van der Waals surface area contributed by atoms with Crippen LogP contribution in [0.4, 0.5) is 0 Å². The molecular formula is C13H17N3. The first-order chi connectivity index (χ1) is 7.65. The molecule has 0 atom stereocenters. The number of aryl methyl sites for hydroxylation is 1. The normalized spacial score (nSPS) is 10.8. The molecule has 0 radical (unpaired) electrons. The van der Waals surface area contributed by atoms with Gasteiger partial charge in [0, 0.05) is 12.1 Å². The highest BCUT2D eigenvalue weighted by Gasteiger charge is 2.11. The van der Waals surface area contributed by atoms with Gasteiger partial charge in [0.1, 0.15) is 0 Å². The van der Waals surface area contributed by atoms with Crippen LogP contribution < -0.4 is 5.73 Å². The highest BCUT2D eigenvalue weighted by atomic mass is 14.9. The molecule has 84 valence electrons. The largest absolute Gasteiger partial charge is 0.347 e. The van der Waals surface area contributed by atoms with Crippen LogP contribution in [0.3, 0.4) is 0 Å². The Morgan fingerprint density at radius 1 is 1.19 bits per heavy atom. The lowest BCUT2D eigenvalue weighted by atomic mass is 9.96. The van der Waals surface area contributed by atoms with E-state index in [1.54, 1.807) is 6.33 Å². The minimum absolute atomic E-state index is 0.488. The third-order valence-corrected chi connectivity index (χ3v) is 3.24. The number of nitrogens with two attached hydrogens (primary N) is 1. The van der Waals surface area contributed by atoms with Gasteiger partial charge in [0.05, 0.1) is 17.7 Å². The number of hydrogen-bond acceptors (Lipinski definition) is 2. The fourth-order valence-electron chi connectivity index (χ4n) is 1.92. The Balaban J connectivity index is 2.61. The third-order valence-electron chi connectivity index (χ3n) is 3.24. The molecule has 16 heavy (non-hydrogen) atoms. The Kier molecular flexibility index (Phi) is 2.79. The lowest BCUT2D eigenvalue weighted by molar-refractivity contribution is 1.01. The second kappa shape index (κ2) is 4.10. The van der Waals surface area contributed by atoms with Crippen molar-refractivity contribution < 1.29 is 0 Å². The van der Waals surface area contributed by atoms with E-state index in [4.69, 9.17) is 5.73 Å². The van der Waals surface area contributed by atoms with E-state index in [-0.39, 0.29) is 0 Å². The molecule has 2 rings (SSSR count). The molecule has 2 aromatic rings. The van der Waals surface area contributed by atoms with Crippen molar-refractivity contribution in [3.63, 3.8) is 0 Å². The average Bonchev–Trinajstić information content (AvgIpc) is 2.74. The minimum atomic E-state index is 0.488. The monoisotopic (exact) mass is 215 g/mol. The Bertz CT molecular complexity index is 512. The van der Waals surface area contributed by atoms with E-state index in [2.05, 4.69) is 42.9 Å². The Labute approximate surface area is 95.7 Å². The minimum Gasteiger partial charge on any atom is -0.347 e. The summed E-state index contributed by atoms with van der Waals surface area (Å²) in [4.78, 5) is 7.43. The van der Waals surface area contributed by atoms with Crippen molar-refractivity contribution >= 4 is 0 Å². The maximum Gasteiger partial charge on any atom is 0.0929 e. The molecule has 0 fully saturated rings. The summed E-state index contributed by atoms with van der Waals surface area (Å²) in [5, 5.41) is 0. The predicted molar refractivity (Wildman–Crippen MR) is 66.1 cm³/mol. The van der Waals surface area contributed by atoms with Crippen LogP contribution in [0, 0.1) is 20.8 Å². The van der Waals surface area contributed by atoms with Gasteiger partial charge < -0.3 is 10.7 Å². The zero-order chi connectivity index (χ0) is 11.7. The molecule has 1 heterocycles. The highest BCUT2D eigenvalue weighted by Crippen LogP contribution is 2.27. The van der Waals surface area contributed by atoms with Gasteiger partial charge in [-0.25, -0.2) is 4.98 Å². The number of nitrogens with zero attached hydrogens (tertiary/aromatic N) is 1. The van der Waals surface area contributed by atoms with Crippen molar-refractivity contribution in [2.45, 2.75) is 27.3 Å². The molecule has 0 aliphatic heterocycles. The summed E-state index contributed by atoms with van der Waals surface area (Å²) in [6.45, 7) is 6.89. The summed E-state index contributed by atoms with van der Waals surface area (Å²) in [7, 11) is 0. The maximum atomic E-state index is 5.68. The van der Waals surface area contributed by atoms with Crippen LogP contribution >= 0.6 is 0 Å². The Hall–Kier alpha value is -1.61. The molecule has 0 amide bonds. The molecule has 0 spiro atoms. The zero-order valence-corrected chi connectivity index (χ0v) is 9.96. The number of H-pyrrole nitrogens is 1. The van der Waals surface area contributed by atoms with Gasteiger partial charge in [0.2, 0.25) is 0 Å². The third kappa shape index (κ3) is 1.63. The van der Waals surface area contributed by atoms with E-state index in [9.17, 15) is 0 Å². The smallest absolute Gasteiger partial charge is 0.0929 e. The number of imidazole rings is 1. The van der Waals surface area contributed by atoms with Gasteiger partial charge in [-0.1, -0.05) is 12.1 Å². The molecule has 0 saturated heterocycles. The first kappa shape index (κ1) is 10.9. The quantitative estimate of drug-likeness (QED) is 0.808. The van der Waals surface area contributed by atoms with Crippen molar-refractivity contribution in [1.29, 1.82) is 0 Å². The van der Waals surface area contributed by atoms with Gasteiger partial charge in [-0.15, -0.1) is 0 Å². The zero-order valence-electron chi connectivity index (χ0n) is 9.96. The van der Waals surface area contributed by atoms with E-state index in [1.165, 1.54) is 22.3 Å². The van der Waals surface area contributed by atoms with E-state index in [0.29, 0.717) is 6.54 Å². The van der Waals surface area contributed by atoms with Gasteiger partial charge >= 0.3 is 0 Å². The van der Waals surface area contributed by atoms with Crippen LogP contribution in [0.25, 0.3) is 11.3 Å². The molecule has 0 saturated carbocycles. The molecule has 0 unspecified atom stereocenters. The number of aromatic amines is 1. The summed E-state index contributed by atoms with van der Waals surface area (Å²) >= 11 is 0. The SMILES string of the molecule is Cc1ccc(-c2nc[nH]c2CN)c(C)c1C. The molecular weight excluding hydrogens is 198 g/mol. The van der Waals surface area contributed by atoms with E-state index >= 15 is 0 Å². The van der Waals surface area contributed by atoms with Crippen LogP contribution in [0.2, 0.25) is 0 Å². The molecule has 1 aromatic carbocycles. The standard InChI is InChI=1S/C13H17N3/c1-8-4-5-11(10(3)9(8)2)13-12(6-14)15-7-16-13/h4-5,7H,6,14H2,1-3H3,(H,15,16). The van der Waals surface area contributed by atoms with E-state index in [0.717, 1.165) is 11.4 Å². The van der Waals surface area contributed by atoms with Crippen LogP contribution in [0.15, 0.2) is 18.5 Å². The molecule has 3 nitrogen and oxygen atoms in total. The van der Waals surface area contributed by atoms with Crippen LogP contribution in [0.1, 0.15) is 22.4 Å². The van der Waals surface area contributed by atoms with Crippen molar-refractivity contribution in [3.05, 3.63) is 40.8 Å². The second-order valence-corrected chi connectivity index (χ2v) is 4.11. The number of aromatic nitrogens is 2. The summed E-state index contributed by atoms with van der Waals surface area (Å²) in [6.07, 6.45) is 1.70. The molecule has 0 bridgehead atoms. The average molecular weight is 215 g/mol. The number of hydrogen-bond donors (Lipinski definition) is 2. The lowest BCUT2D eigenvalue weighted by Gasteiger charge is -2.10. The summed E-state index contributed by atoms with van der Waals surface area (Å²) in [5.41, 5.74) is 12.7. The summed E-state index contributed by atoms with van der Waals surface area (Å²) < 4.78 is 0. The number of rotatable bonds is 2. The molecule has 0 aliphatic carbocycles. The Morgan fingerprint density at radius 3 is 2.62 bits per heavy atom. The first-order valence-electron chi connectivity index (χ1n) is 5.44. The fourth-order valence-corrected chi connectivity index (χ4v) is 1.92. The lowest BCUT2D eigenvalue weighted by Crippen LogP contribution is -2.00. The Morgan fingerprint density at radius 2 is 1.94 bits per heavy atom. The van der Waals surface area contributed by atoms with Gasteiger partial charge in [-0.2, -0.15) is 0 Å². The van der Waals surface area contributed by atoms with Gasteiger partial charge in [-0.05, 0) is 37.5 Å². The molecule has 0 aliphatic rings. The second-order valence-electron chi connectivity index (χ2n) is 4.11. The van der Waals surface area contributed by atoms with Gasteiger partial charge in [-0.3, -0.25) is 0 Å². The molecule has 3 heteroatoms. The molecule has 1 aromatic heterocycles. The van der Waals surface area contributed by atoms with Crippen LogP contribution in [-0.2, 0) is 6.54 Å². The molecule has 3 N–H and O–H groups in total. The van der Waals surface area contributed by atoms with Crippen molar-refractivity contribution in [1.82, 2.24) is 9.97 Å². The van der Waals surface area contributed by atoms with Gasteiger partial charge in [0.15, 0.2) is 0 Å². The van der Waals surface area contributed by atoms with E-state index in [1.807, 2.05) is 0 Å². The van der Waals surface area contributed by atoms with Crippen LogP contribution in [0.5, 0.6) is 0 Å². The van der Waals surface area contributed by atoms with Crippen molar-refractivity contribution in [2.24, 2.45) is 5.73 Å². The summed E-state index contributed by atoms with van der Waals surface area (Å²) in [6, 6.07) is 4.25. The predicted octanol–water partition coefficient (Wildman–Crippen LogP) is 2.46. The topological polar surface area (TPSA) is 54.7 Å². The summed E-state index contributed by atoms with van der Waals surface area (Å²) in [5.74, 6) is 0. The van der Waals surface area contributed by atoms with Crippen molar-refractivity contribution in [2.75, 3.05) is 0 Å². The highest BCUT2D eigenvalue weighted by molar-refractivity contribution is 5.67.